The Morgan fingerprint density at radius 1 is 0.929 bits per heavy atom. The Morgan fingerprint density at radius 2 is 1.46 bits per heavy atom. The number of hydrogen-bond acceptors (Lipinski definition) is 3. The molecule has 2 aliphatic heterocycles. The minimum Gasteiger partial charge on any atom is -0.480 e. The van der Waals surface area contributed by atoms with Crippen LogP contribution in [0.3, 0.4) is 0 Å². The van der Waals surface area contributed by atoms with Gasteiger partial charge in [0, 0.05) is 25.2 Å². The molecule has 0 aromatic heterocycles. The molecular weight excluding hydrogens is 360 g/mol. The predicted molar refractivity (Wildman–Crippen MR) is 100 cm³/mol. The molecule has 0 radical (unpaired) electrons. The lowest BCUT2D eigenvalue weighted by Gasteiger charge is -2.46. The Labute approximate surface area is 162 Å². The van der Waals surface area contributed by atoms with Gasteiger partial charge in [0.1, 0.15) is 6.54 Å². The molecule has 144 valence electrons. The zero-order valence-electron chi connectivity index (χ0n) is 15.5. The van der Waals surface area contributed by atoms with Gasteiger partial charge in [-0.25, -0.2) is 9.59 Å². The largest absolute Gasteiger partial charge is 0.480 e. The van der Waals surface area contributed by atoms with Crippen LogP contribution in [0.2, 0.25) is 0 Å². The number of rotatable bonds is 4. The number of nitrogens with zero attached hydrogens (tertiary/aromatic N) is 3. The standard InChI is InChI=1S/C20H20N4O4/c1-22-18(28)23(2)20(15-11-7-4-8-12-15)19(22,14-9-5-3-6-10-14)21-17(27)24(20)13-16(25)26/h3-12H,13H2,1-2H3,(H,21,27)(H,25,26)/t19-,20-/m0/s1. The number of carboxylic acids is 1. The number of carboxylic acid groups (broad SMARTS) is 1. The summed E-state index contributed by atoms with van der Waals surface area (Å²) in [5, 5.41) is 12.4. The van der Waals surface area contributed by atoms with Crippen molar-refractivity contribution < 1.29 is 19.5 Å². The van der Waals surface area contributed by atoms with E-state index >= 15 is 0 Å². The number of nitrogens with one attached hydrogen (secondary N) is 1. The van der Waals surface area contributed by atoms with Gasteiger partial charge >= 0.3 is 18.0 Å². The summed E-state index contributed by atoms with van der Waals surface area (Å²) in [6.45, 7) is -0.555. The van der Waals surface area contributed by atoms with Crippen molar-refractivity contribution in [3.63, 3.8) is 0 Å². The van der Waals surface area contributed by atoms with Gasteiger partial charge in [-0.2, -0.15) is 0 Å². The van der Waals surface area contributed by atoms with Crippen molar-refractivity contribution in [2.24, 2.45) is 0 Å². The molecule has 2 atom stereocenters. The monoisotopic (exact) mass is 380 g/mol. The van der Waals surface area contributed by atoms with E-state index in [4.69, 9.17) is 0 Å². The van der Waals surface area contributed by atoms with E-state index in [1.54, 1.807) is 38.4 Å². The van der Waals surface area contributed by atoms with Crippen LogP contribution in [-0.2, 0) is 16.1 Å². The fourth-order valence-electron chi connectivity index (χ4n) is 4.60. The Morgan fingerprint density at radius 3 is 2.00 bits per heavy atom. The smallest absolute Gasteiger partial charge is 0.324 e. The molecule has 4 amide bonds. The van der Waals surface area contributed by atoms with Crippen molar-refractivity contribution in [1.82, 2.24) is 20.0 Å². The number of likely N-dealkylation sites (N-methyl/N-ethyl adjacent to an activating group) is 2. The third-order valence-corrected chi connectivity index (χ3v) is 5.65. The molecule has 2 aliphatic rings. The fourth-order valence-corrected chi connectivity index (χ4v) is 4.60. The molecular formula is C20H20N4O4. The molecule has 0 aliphatic carbocycles. The summed E-state index contributed by atoms with van der Waals surface area (Å²) in [7, 11) is 3.20. The van der Waals surface area contributed by atoms with Crippen LogP contribution in [-0.4, -0.2) is 58.5 Å². The Bertz CT molecular complexity index is 951. The van der Waals surface area contributed by atoms with Crippen LogP contribution in [0, 0.1) is 0 Å². The normalized spacial score (nSPS) is 26.4. The lowest BCUT2D eigenvalue weighted by Crippen LogP contribution is -2.62. The zero-order valence-corrected chi connectivity index (χ0v) is 15.5. The summed E-state index contributed by atoms with van der Waals surface area (Å²) in [4.78, 5) is 42.0. The summed E-state index contributed by atoms with van der Waals surface area (Å²) >= 11 is 0. The topological polar surface area (TPSA) is 93.2 Å². The Hall–Kier alpha value is -3.55. The molecule has 2 saturated heterocycles. The Balaban J connectivity index is 2.10. The van der Waals surface area contributed by atoms with Crippen LogP contribution in [0.5, 0.6) is 0 Å². The molecule has 28 heavy (non-hydrogen) atoms. The molecule has 2 aromatic rings. The molecule has 0 saturated carbocycles. The molecule has 2 heterocycles. The van der Waals surface area contributed by atoms with Crippen LogP contribution < -0.4 is 5.32 Å². The first-order chi connectivity index (χ1) is 13.4. The summed E-state index contributed by atoms with van der Waals surface area (Å²) in [5.41, 5.74) is -1.36. The number of carbonyl (C=O) groups excluding carboxylic acids is 2. The molecule has 2 fully saturated rings. The van der Waals surface area contributed by atoms with E-state index < -0.39 is 29.9 Å². The fraction of sp³-hybridized carbons (Fsp3) is 0.250. The van der Waals surface area contributed by atoms with Gasteiger partial charge in [0.15, 0.2) is 11.3 Å². The number of benzene rings is 2. The van der Waals surface area contributed by atoms with Crippen LogP contribution in [0.1, 0.15) is 11.1 Å². The summed E-state index contributed by atoms with van der Waals surface area (Å²) < 4.78 is 0. The highest BCUT2D eigenvalue weighted by atomic mass is 16.4. The molecule has 0 unspecified atom stereocenters. The third kappa shape index (κ3) is 1.97. The van der Waals surface area contributed by atoms with Gasteiger partial charge in [-0.1, -0.05) is 60.7 Å². The van der Waals surface area contributed by atoms with Crippen LogP contribution in [0.25, 0.3) is 0 Å². The van der Waals surface area contributed by atoms with E-state index in [1.165, 1.54) is 14.7 Å². The molecule has 4 rings (SSSR count). The van der Waals surface area contributed by atoms with Crippen molar-refractivity contribution >= 4 is 18.0 Å². The van der Waals surface area contributed by atoms with Gasteiger partial charge in [0.05, 0.1) is 0 Å². The van der Waals surface area contributed by atoms with E-state index in [0.717, 1.165) is 0 Å². The summed E-state index contributed by atoms with van der Waals surface area (Å²) in [5.74, 6) is -1.16. The number of amides is 4. The number of aliphatic carboxylic acids is 1. The highest BCUT2D eigenvalue weighted by Gasteiger charge is 2.75. The average Bonchev–Trinajstić information content (AvgIpc) is 3.05. The summed E-state index contributed by atoms with van der Waals surface area (Å²) in [6.07, 6.45) is 0. The zero-order chi connectivity index (χ0) is 20.1. The quantitative estimate of drug-likeness (QED) is 0.846. The SMILES string of the molecule is CN1C(=O)N(C)[C@]2(c3ccccc3)NC(=O)N(CC(=O)O)[C@]12c1ccccc1. The van der Waals surface area contributed by atoms with E-state index in [2.05, 4.69) is 5.32 Å². The van der Waals surface area contributed by atoms with E-state index in [9.17, 15) is 19.5 Å². The van der Waals surface area contributed by atoms with Crippen molar-refractivity contribution in [1.29, 1.82) is 0 Å². The van der Waals surface area contributed by atoms with E-state index in [-0.39, 0.29) is 6.03 Å². The first-order valence-electron chi connectivity index (χ1n) is 8.81. The molecule has 8 heteroatoms. The molecule has 2 aromatic carbocycles. The second-order valence-electron chi connectivity index (χ2n) is 6.93. The van der Waals surface area contributed by atoms with Crippen LogP contribution in [0.4, 0.5) is 9.59 Å². The summed E-state index contributed by atoms with van der Waals surface area (Å²) in [6, 6.07) is 17.3. The number of fused-ring (bicyclic) bond motifs is 1. The van der Waals surface area contributed by atoms with Crippen molar-refractivity contribution in [2.45, 2.75) is 11.3 Å². The minimum atomic E-state index is -1.38. The maximum absolute atomic E-state index is 13.1. The third-order valence-electron chi connectivity index (χ3n) is 5.65. The second kappa shape index (κ2) is 5.98. The maximum Gasteiger partial charge on any atom is 0.324 e. The highest BCUT2D eigenvalue weighted by Crippen LogP contribution is 2.56. The maximum atomic E-state index is 13.1. The molecule has 0 bridgehead atoms. The average molecular weight is 380 g/mol. The van der Waals surface area contributed by atoms with Crippen molar-refractivity contribution in [3.05, 3.63) is 71.8 Å². The Kier molecular flexibility index (Phi) is 3.81. The van der Waals surface area contributed by atoms with E-state index in [0.29, 0.717) is 11.1 Å². The second-order valence-corrected chi connectivity index (χ2v) is 6.93. The lowest BCUT2D eigenvalue weighted by atomic mass is 9.80. The van der Waals surface area contributed by atoms with Gasteiger partial charge in [0.2, 0.25) is 0 Å². The number of hydrogen-bond donors (Lipinski definition) is 2. The number of carbonyl (C=O) groups is 3. The lowest BCUT2D eigenvalue weighted by molar-refractivity contribution is -0.141. The van der Waals surface area contributed by atoms with Crippen LogP contribution in [0.15, 0.2) is 60.7 Å². The van der Waals surface area contributed by atoms with Gasteiger partial charge in [-0.3, -0.25) is 19.5 Å². The molecule has 8 nitrogen and oxygen atoms in total. The van der Waals surface area contributed by atoms with Crippen molar-refractivity contribution in [3.8, 4) is 0 Å². The van der Waals surface area contributed by atoms with Crippen LogP contribution >= 0.6 is 0 Å². The molecule has 0 spiro atoms. The first-order valence-corrected chi connectivity index (χ1v) is 8.81. The molecule has 2 N–H and O–H groups in total. The van der Waals surface area contributed by atoms with Gasteiger partial charge in [0.25, 0.3) is 0 Å². The minimum absolute atomic E-state index is 0.330. The van der Waals surface area contributed by atoms with Gasteiger partial charge in [-0.05, 0) is 0 Å². The van der Waals surface area contributed by atoms with Gasteiger partial charge in [-0.15, -0.1) is 0 Å². The number of urea groups is 2. The van der Waals surface area contributed by atoms with E-state index in [1.807, 2.05) is 36.4 Å². The predicted octanol–water partition coefficient (Wildman–Crippen LogP) is 1.80. The van der Waals surface area contributed by atoms with Gasteiger partial charge < -0.3 is 10.4 Å². The first kappa shape index (κ1) is 17.8. The highest BCUT2D eigenvalue weighted by molar-refractivity contribution is 5.91. The van der Waals surface area contributed by atoms with Crippen molar-refractivity contribution in [2.75, 3.05) is 20.6 Å².